The molecule has 0 aromatic heterocycles. The van der Waals surface area contributed by atoms with Gasteiger partial charge in [-0.2, -0.15) is 0 Å². The summed E-state index contributed by atoms with van der Waals surface area (Å²) in [6.07, 6.45) is 0.798. The van der Waals surface area contributed by atoms with Gasteiger partial charge in [-0.1, -0.05) is 0 Å². The number of benzene rings is 2. The third kappa shape index (κ3) is 4.94. The van der Waals surface area contributed by atoms with Crippen LogP contribution in [0.5, 0.6) is 23.0 Å². The van der Waals surface area contributed by atoms with Gasteiger partial charge in [0.15, 0.2) is 23.0 Å². The molecule has 1 atom stereocenters. The molecule has 0 radical (unpaired) electrons. The molecule has 0 saturated heterocycles. The summed E-state index contributed by atoms with van der Waals surface area (Å²) in [6, 6.07) is 6.77. The highest BCUT2D eigenvalue weighted by atomic mass is 16.5. The lowest BCUT2D eigenvalue weighted by Crippen LogP contribution is -2.36. The molecule has 1 heterocycles. The Morgan fingerprint density at radius 2 is 1.65 bits per heavy atom. The normalized spacial score (nSPS) is 21.2. The van der Waals surface area contributed by atoms with E-state index in [1.807, 2.05) is 6.07 Å². The van der Waals surface area contributed by atoms with E-state index in [1.54, 1.807) is 24.1 Å². The van der Waals surface area contributed by atoms with E-state index in [4.69, 9.17) is 28.5 Å². The number of amides is 1. The van der Waals surface area contributed by atoms with Gasteiger partial charge in [0.25, 0.3) is 0 Å². The predicted octanol–water partition coefficient (Wildman–Crippen LogP) is 3.31. The van der Waals surface area contributed by atoms with E-state index >= 15 is 0 Å². The van der Waals surface area contributed by atoms with Crippen molar-refractivity contribution in [2.75, 3.05) is 61.5 Å². The summed E-state index contributed by atoms with van der Waals surface area (Å²) in [7, 11) is 3.22. The topological polar surface area (TPSA) is 60.5 Å². The molecule has 0 saturated carbocycles. The van der Waals surface area contributed by atoms with Gasteiger partial charge in [0.1, 0.15) is 0 Å². The van der Waals surface area contributed by atoms with Crippen LogP contribution in [0.2, 0.25) is 0 Å². The molecule has 2 aliphatic rings. The van der Waals surface area contributed by atoms with Crippen molar-refractivity contribution >= 4 is 5.91 Å². The summed E-state index contributed by atoms with van der Waals surface area (Å²) in [5.74, 6) is 0.554. The maximum atomic E-state index is 13.1. The SMILES string of the molecule is [2H]C([2H])([2H])Oc1cc2c(cc1OC)CCN(CCC([2H])([2H])N(C)C([2H])([2H])C1Cc3cc(OC)c(OC)cc31)C(=O)C2. The first kappa shape index (κ1) is 16.7. The smallest absolute Gasteiger partial charge is 0.227 e. The van der Waals surface area contributed by atoms with Crippen molar-refractivity contribution in [3.05, 3.63) is 46.5 Å². The third-order valence-corrected chi connectivity index (χ3v) is 6.47. The monoisotopic (exact) mass is 475 g/mol. The number of rotatable bonds is 10. The zero-order chi connectivity index (χ0) is 30.3. The Morgan fingerprint density at radius 1 is 1.00 bits per heavy atom. The number of carbonyl (C=O) groups excluding carboxylic acids is 1. The minimum Gasteiger partial charge on any atom is -0.493 e. The molecule has 1 unspecified atom stereocenters. The molecule has 1 aliphatic carbocycles. The molecule has 0 N–H and O–H groups in total. The Morgan fingerprint density at radius 3 is 2.35 bits per heavy atom. The Bertz CT molecular complexity index is 1300. The molecular formula is C27H36N2O5. The number of methoxy groups -OCH3 is 4. The quantitative estimate of drug-likeness (QED) is 0.526. The van der Waals surface area contributed by atoms with E-state index in [1.165, 1.54) is 27.3 Å². The van der Waals surface area contributed by atoms with Crippen LogP contribution >= 0.6 is 0 Å². The fraction of sp³-hybridized carbons (Fsp3) is 0.519. The van der Waals surface area contributed by atoms with Crippen LogP contribution in [0.15, 0.2) is 24.3 Å². The van der Waals surface area contributed by atoms with E-state index in [-0.39, 0.29) is 36.8 Å². The molecule has 34 heavy (non-hydrogen) atoms. The van der Waals surface area contributed by atoms with Crippen molar-refractivity contribution in [2.24, 2.45) is 0 Å². The van der Waals surface area contributed by atoms with Gasteiger partial charge in [-0.25, -0.2) is 0 Å². The van der Waals surface area contributed by atoms with E-state index in [0.717, 1.165) is 21.6 Å². The lowest BCUT2D eigenvalue weighted by molar-refractivity contribution is -0.130. The predicted molar refractivity (Wildman–Crippen MR) is 132 cm³/mol. The fourth-order valence-electron chi connectivity index (χ4n) is 4.56. The van der Waals surface area contributed by atoms with Crippen molar-refractivity contribution in [3.8, 4) is 23.0 Å². The molecule has 1 aliphatic heterocycles. The van der Waals surface area contributed by atoms with Gasteiger partial charge >= 0.3 is 0 Å². The summed E-state index contributed by atoms with van der Waals surface area (Å²) < 4.78 is 78.4. The summed E-state index contributed by atoms with van der Waals surface area (Å²) in [5, 5.41) is 0. The summed E-state index contributed by atoms with van der Waals surface area (Å²) in [6.45, 7) is -3.65. The van der Waals surface area contributed by atoms with Crippen LogP contribution in [-0.2, 0) is 24.1 Å². The lowest BCUT2D eigenvalue weighted by atomic mass is 9.77. The maximum absolute atomic E-state index is 13.1. The van der Waals surface area contributed by atoms with Crippen molar-refractivity contribution in [2.45, 2.75) is 31.6 Å². The van der Waals surface area contributed by atoms with Crippen molar-refractivity contribution in [1.29, 1.82) is 0 Å². The van der Waals surface area contributed by atoms with Crippen LogP contribution in [-0.4, -0.2) is 77.2 Å². The molecular weight excluding hydrogens is 432 g/mol. The number of fused-ring (bicyclic) bond motifs is 2. The zero-order valence-electron chi connectivity index (χ0n) is 27.1. The van der Waals surface area contributed by atoms with Crippen LogP contribution in [0.1, 0.15) is 44.2 Å². The average Bonchev–Trinajstić information content (AvgIpc) is 3.03. The fourth-order valence-corrected chi connectivity index (χ4v) is 4.56. The first-order valence-corrected chi connectivity index (χ1v) is 11.3. The lowest BCUT2D eigenvalue weighted by Gasteiger charge is -2.34. The molecule has 1 amide bonds. The zero-order valence-corrected chi connectivity index (χ0v) is 20.1. The van der Waals surface area contributed by atoms with Crippen molar-refractivity contribution in [3.63, 3.8) is 0 Å². The van der Waals surface area contributed by atoms with E-state index in [2.05, 4.69) is 0 Å². The summed E-state index contributed by atoms with van der Waals surface area (Å²) >= 11 is 0. The molecule has 0 fully saturated rings. The van der Waals surface area contributed by atoms with Gasteiger partial charge < -0.3 is 28.7 Å². The Hall–Kier alpha value is -2.93. The van der Waals surface area contributed by atoms with Gasteiger partial charge in [0, 0.05) is 31.0 Å². The van der Waals surface area contributed by atoms with Gasteiger partial charge in [0.05, 0.1) is 38.9 Å². The van der Waals surface area contributed by atoms with Crippen molar-refractivity contribution < 1.29 is 33.3 Å². The molecule has 7 heteroatoms. The van der Waals surface area contributed by atoms with Crippen LogP contribution < -0.4 is 18.9 Å². The second-order valence-corrected chi connectivity index (χ2v) is 8.44. The minimum atomic E-state index is -2.68. The molecule has 4 rings (SSSR count). The minimum absolute atomic E-state index is 0.000503. The van der Waals surface area contributed by atoms with E-state index < -0.39 is 25.9 Å². The average molecular weight is 476 g/mol. The number of carbonyl (C=O) groups is 1. The molecule has 0 bridgehead atoms. The van der Waals surface area contributed by atoms with Crippen LogP contribution in [0, 0.1) is 0 Å². The second-order valence-electron chi connectivity index (χ2n) is 8.44. The summed E-state index contributed by atoms with van der Waals surface area (Å²) in [4.78, 5) is 15.8. The molecule has 2 aromatic rings. The number of likely N-dealkylation sites (N-methyl/N-ethyl adjacent to an activating group) is 1. The first-order valence-electron chi connectivity index (χ1n) is 14.8. The van der Waals surface area contributed by atoms with Gasteiger partial charge in [-0.15, -0.1) is 0 Å². The largest absolute Gasteiger partial charge is 0.493 e. The number of hydrogen-bond acceptors (Lipinski definition) is 6. The van der Waals surface area contributed by atoms with Crippen LogP contribution in [0.3, 0.4) is 0 Å². The highest BCUT2D eigenvalue weighted by Gasteiger charge is 2.29. The van der Waals surface area contributed by atoms with E-state index in [9.17, 15) is 4.79 Å². The molecule has 2 aromatic carbocycles. The second kappa shape index (κ2) is 10.6. The highest BCUT2D eigenvalue weighted by Crippen LogP contribution is 2.42. The summed E-state index contributed by atoms with van der Waals surface area (Å²) in [5.41, 5.74) is 3.14. The van der Waals surface area contributed by atoms with E-state index in [0.29, 0.717) is 36.4 Å². The molecule has 184 valence electrons. The maximum Gasteiger partial charge on any atom is 0.227 e. The standard InChI is InChI=1S/C27H36N2O5/c1-28(17-21-11-20-14-25(33-4)26(34-5)16-22(20)21)8-6-9-29-10-7-18-12-23(31-2)24(32-3)13-19(18)15-27(29)30/h12-14,16,21H,6-11,15,17H2,1-5H3/i3D3,8D2,17D2. The van der Waals surface area contributed by atoms with Gasteiger partial charge in [-0.05, 0) is 79.3 Å². The highest BCUT2D eigenvalue weighted by molar-refractivity contribution is 5.80. The first-order chi connectivity index (χ1) is 19.1. The van der Waals surface area contributed by atoms with Crippen LogP contribution in [0.25, 0.3) is 0 Å². The molecule has 0 spiro atoms. The Kier molecular flexibility index (Phi) is 5.17. The number of ether oxygens (including phenoxy) is 4. The van der Waals surface area contributed by atoms with Gasteiger partial charge in [0.2, 0.25) is 5.91 Å². The number of nitrogens with zero attached hydrogens (tertiary/aromatic N) is 2. The van der Waals surface area contributed by atoms with Crippen LogP contribution in [0.4, 0.5) is 0 Å². The molecule has 7 nitrogen and oxygen atoms in total. The van der Waals surface area contributed by atoms with Gasteiger partial charge in [-0.3, -0.25) is 4.79 Å². The third-order valence-electron chi connectivity index (χ3n) is 6.47. The van der Waals surface area contributed by atoms with Crippen molar-refractivity contribution in [1.82, 2.24) is 9.80 Å². The Labute approximate surface area is 212 Å². The Balaban J connectivity index is 1.44. The number of hydrogen-bond donors (Lipinski definition) is 0.